The van der Waals surface area contributed by atoms with Crippen molar-refractivity contribution in [2.45, 2.75) is 12.7 Å². The third-order valence-electron chi connectivity index (χ3n) is 2.90. The van der Waals surface area contributed by atoms with E-state index in [1.54, 1.807) is 19.2 Å². The molecule has 0 unspecified atom stereocenters. The van der Waals surface area contributed by atoms with Gasteiger partial charge >= 0.3 is 6.18 Å². The molecule has 1 heterocycles. The Bertz CT molecular complexity index is 654. The van der Waals surface area contributed by atoms with Gasteiger partial charge in [-0.15, -0.1) is 11.3 Å². The molecule has 1 aromatic heterocycles. The summed E-state index contributed by atoms with van der Waals surface area (Å²) in [4.78, 5) is 13.0. The SMILES string of the molecule is CN(Cc1ccc(Cl)s1)c1ccc(C=O)cc1C(F)(F)F. The van der Waals surface area contributed by atoms with Crippen LogP contribution in [0, 0.1) is 0 Å². The fourth-order valence-corrected chi connectivity index (χ4v) is 3.08. The number of thiophene rings is 1. The van der Waals surface area contributed by atoms with Crippen molar-refractivity contribution in [3.05, 3.63) is 50.7 Å². The molecule has 0 amide bonds. The van der Waals surface area contributed by atoms with Crippen LogP contribution in [0.1, 0.15) is 20.8 Å². The van der Waals surface area contributed by atoms with Crippen LogP contribution in [0.2, 0.25) is 4.34 Å². The number of rotatable bonds is 4. The molecule has 112 valence electrons. The van der Waals surface area contributed by atoms with Crippen molar-refractivity contribution in [2.75, 3.05) is 11.9 Å². The molecule has 0 N–H and O–H groups in total. The van der Waals surface area contributed by atoms with Crippen LogP contribution in [0.3, 0.4) is 0 Å². The first-order valence-corrected chi connectivity index (χ1v) is 7.12. The maximum absolute atomic E-state index is 13.1. The standard InChI is InChI=1S/C14H11ClF3NOS/c1-19(7-10-3-5-13(15)21-10)12-4-2-9(8-20)6-11(12)14(16,17)18/h2-6,8H,7H2,1H3. The number of carbonyl (C=O) groups is 1. The second kappa shape index (κ2) is 6.07. The van der Waals surface area contributed by atoms with Crippen molar-refractivity contribution >= 4 is 34.9 Å². The van der Waals surface area contributed by atoms with E-state index < -0.39 is 11.7 Å². The lowest BCUT2D eigenvalue weighted by Crippen LogP contribution is -2.20. The summed E-state index contributed by atoms with van der Waals surface area (Å²) in [5.41, 5.74) is -0.798. The smallest absolute Gasteiger partial charge is 0.369 e. The fraction of sp³-hybridized carbons (Fsp3) is 0.214. The average Bonchev–Trinajstić information content (AvgIpc) is 2.82. The topological polar surface area (TPSA) is 20.3 Å². The largest absolute Gasteiger partial charge is 0.418 e. The Morgan fingerprint density at radius 1 is 1.29 bits per heavy atom. The Morgan fingerprint density at radius 2 is 2.00 bits per heavy atom. The van der Waals surface area contributed by atoms with E-state index in [1.807, 2.05) is 0 Å². The minimum Gasteiger partial charge on any atom is -0.369 e. The Morgan fingerprint density at radius 3 is 2.52 bits per heavy atom. The summed E-state index contributed by atoms with van der Waals surface area (Å²) in [6, 6.07) is 7.02. The third kappa shape index (κ3) is 3.77. The average molecular weight is 334 g/mol. The quantitative estimate of drug-likeness (QED) is 0.744. The minimum absolute atomic E-state index is 0.00126. The maximum Gasteiger partial charge on any atom is 0.418 e. The lowest BCUT2D eigenvalue weighted by atomic mass is 10.1. The molecule has 2 nitrogen and oxygen atoms in total. The zero-order chi connectivity index (χ0) is 15.6. The van der Waals surface area contributed by atoms with Crippen LogP contribution in [0.25, 0.3) is 0 Å². The van der Waals surface area contributed by atoms with Crippen molar-refractivity contribution in [3.8, 4) is 0 Å². The lowest BCUT2D eigenvalue weighted by Gasteiger charge is -2.23. The molecular formula is C14H11ClF3NOS. The van der Waals surface area contributed by atoms with Crippen LogP contribution < -0.4 is 4.90 Å². The number of alkyl halides is 3. The monoisotopic (exact) mass is 333 g/mol. The van der Waals surface area contributed by atoms with E-state index >= 15 is 0 Å². The summed E-state index contributed by atoms with van der Waals surface area (Å²) in [5, 5.41) is 0. The molecule has 0 aliphatic carbocycles. The van der Waals surface area contributed by atoms with Gasteiger partial charge in [-0.2, -0.15) is 13.2 Å². The number of hydrogen-bond donors (Lipinski definition) is 0. The van der Waals surface area contributed by atoms with Gasteiger partial charge in [0, 0.05) is 23.2 Å². The predicted octanol–water partition coefficient (Wildman–Crippen LogP) is 4.87. The molecule has 7 heteroatoms. The number of halogens is 4. The molecule has 0 saturated carbocycles. The summed E-state index contributed by atoms with van der Waals surface area (Å²) in [5.74, 6) is 0. The zero-order valence-corrected chi connectivity index (χ0v) is 12.5. The molecule has 0 spiro atoms. The van der Waals surface area contributed by atoms with Crippen molar-refractivity contribution in [1.29, 1.82) is 0 Å². The molecule has 0 radical (unpaired) electrons. The van der Waals surface area contributed by atoms with E-state index in [0.717, 1.165) is 10.9 Å². The molecule has 0 fully saturated rings. The molecule has 2 rings (SSSR count). The van der Waals surface area contributed by atoms with Gasteiger partial charge < -0.3 is 4.90 Å². The van der Waals surface area contributed by atoms with Crippen LogP contribution in [0.4, 0.5) is 18.9 Å². The molecule has 0 bridgehead atoms. The highest BCUT2D eigenvalue weighted by Crippen LogP contribution is 2.37. The first kappa shape index (κ1) is 15.9. The second-order valence-corrected chi connectivity index (χ2v) is 6.25. The Hall–Kier alpha value is -1.53. The van der Waals surface area contributed by atoms with E-state index in [1.165, 1.54) is 28.4 Å². The van der Waals surface area contributed by atoms with Crippen molar-refractivity contribution in [3.63, 3.8) is 0 Å². The molecule has 0 aliphatic heterocycles. The number of hydrogen-bond acceptors (Lipinski definition) is 3. The minimum atomic E-state index is -4.52. The van der Waals surface area contributed by atoms with E-state index in [0.29, 0.717) is 17.2 Å². The molecular weight excluding hydrogens is 323 g/mol. The van der Waals surface area contributed by atoms with Crippen molar-refractivity contribution < 1.29 is 18.0 Å². The van der Waals surface area contributed by atoms with E-state index in [-0.39, 0.29) is 11.3 Å². The highest BCUT2D eigenvalue weighted by molar-refractivity contribution is 7.16. The third-order valence-corrected chi connectivity index (χ3v) is 4.11. The van der Waals surface area contributed by atoms with E-state index in [2.05, 4.69) is 0 Å². The molecule has 0 aliphatic rings. The first-order chi connectivity index (χ1) is 9.81. The molecule has 2 aromatic rings. The summed E-state index contributed by atoms with van der Waals surface area (Å²) < 4.78 is 39.9. The number of anilines is 1. The van der Waals surface area contributed by atoms with Crippen molar-refractivity contribution in [1.82, 2.24) is 0 Å². The van der Waals surface area contributed by atoms with Crippen LogP contribution in [0.15, 0.2) is 30.3 Å². The second-order valence-electron chi connectivity index (χ2n) is 4.45. The van der Waals surface area contributed by atoms with Gasteiger partial charge in [0.2, 0.25) is 0 Å². The highest BCUT2D eigenvalue weighted by atomic mass is 35.5. The maximum atomic E-state index is 13.1. The van der Waals surface area contributed by atoms with Gasteiger partial charge in [0.1, 0.15) is 6.29 Å². The highest BCUT2D eigenvalue weighted by Gasteiger charge is 2.34. The van der Waals surface area contributed by atoms with Gasteiger partial charge in [0.05, 0.1) is 16.4 Å². The van der Waals surface area contributed by atoms with Crippen LogP contribution in [-0.4, -0.2) is 13.3 Å². The number of carbonyl (C=O) groups excluding carboxylic acids is 1. The number of benzene rings is 1. The lowest BCUT2D eigenvalue weighted by molar-refractivity contribution is -0.137. The summed E-state index contributed by atoms with van der Waals surface area (Å²) in [6.45, 7) is 0.306. The predicted molar refractivity (Wildman–Crippen MR) is 78.3 cm³/mol. The van der Waals surface area contributed by atoms with Crippen LogP contribution in [-0.2, 0) is 12.7 Å². The van der Waals surface area contributed by atoms with Gasteiger partial charge in [-0.1, -0.05) is 11.6 Å². The number of aldehydes is 1. The molecule has 1 aromatic carbocycles. The van der Waals surface area contributed by atoms with Gasteiger partial charge in [-0.05, 0) is 30.3 Å². The first-order valence-electron chi connectivity index (χ1n) is 5.93. The summed E-state index contributed by atoms with van der Waals surface area (Å²) in [7, 11) is 1.57. The van der Waals surface area contributed by atoms with Gasteiger partial charge in [-0.25, -0.2) is 0 Å². The summed E-state index contributed by atoms with van der Waals surface area (Å²) in [6.07, 6.45) is -4.12. The molecule has 0 atom stereocenters. The Kier molecular flexibility index (Phi) is 4.58. The number of nitrogens with zero attached hydrogens (tertiary/aromatic N) is 1. The van der Waals surface area contributed by atoms with Gasteiger partial charge in [-0.3, -0.25) is 4.79 Å². The van der Waals surface area contributed by atoms with Gasteiger partial charge in [0.15, 0.2) is 0 Å². The van der Waals surface area contributed by atoms with Crippen LogP contribution >= 0.6 is 22.9 Å². The molecule has 0 saturated heterocycles. The van der Waals surface area contributed by atoms with Crippen LogP contribution in [0.5, 0.6) is 0 Å². The summed E-state index contributed by atoms with van der Waals surface area (Å²) >= 11 is 7.13. The Labute approximate surface area is 128 Å². The van der Waals surface area contributed by atoms with E-state index in [9.17, 15) is 18.0 Å². The van der Waals surface area contributed by atoms with E-state index in [4.69, 9.17) is 11.6 Å². The molecule has 21 heavy (non-hydrogen) atoms. The van der Waals surface area contributed by atoms with Gasteiger partial charge in [0.25, 0.3) is 0 Å². The Balaban J connectivity index is 2.35. The normalized spacial score (nSPS) is 11.5. The fourth-order valence-electron chi connectivity index (χ4n) is 1.94. The van der Waals surface area contributed by atoms with Crippen molar-refractivity contribution in [2.24, 2.45) is 0 Å². The zero-order valence-electron chi connectivity index (χ0n) is 10.9.